The van der Waals surface area contributed by atoms with Gasteiger partial charge in [0.25, 0.3) is 0 Å². The molecule has 30 heavy (non-hydrogen) atoms. The second-order valence-corrected chi connectivity index (χ2v) is 8.50. The van der Waals surface area contributed by atoms with E-state index in [1.165, 1.54) is 5.56 Å². The van der Waals surface area contributed by atoms with Crippen LogP contribution in [0.2, 0.25) is 0 Å². The molecule has 1 aliphatic rings. The molecule has 1 amide bonds. The zero-order valence-electron chi connectivity index (χ0n) is 18.2. The molecule has 1 saturated heterocycles. The number of ether oxygens (including phenoxy) is 1. The van der Waals surface area contributed by atoms with Gasteiger partial charge in [0.1, 0.15) is 5.01 Å². The number of carbonyl (C=O) groups excluding carboxylic acids is 1. The highest BCUT2D eigenvalue weighted by Gasteiger charge is 2.13. The Morgan fingerprint density at radius 3 is 2.83 bits per heavy atom. The van der Waals surface area contributed by atoms with E-state index in [2.05, 4.69) is 53.2 Å². The van der Waals surface area contributed by atoms with Crippen LogP contribution in [0.1, 0.15) is 31.5 Å². The number of carbonyl (C=O) groups is 1. The van der Waals surface area contributed by atoms with Crippen LogP contribution in [-0.4, -0.2) is 73.2 Å². The Balaban J connectivity index is 1.48. The van der Waals surface area contributed by atoms with Gasteiger partial charge in [-0.25, -0.2) is 4.98 Å². The summed E-state index contributed by atoms with van der Waals surface area (Å²) in [6.07, 6.45) is 1.32. The Bertz CT molecular complexity index is 785. The van der Waals surface area contributed by atoms with Gasteiger partial charge < -0.3 is 15.0 Å². The van der Waals surface area contributed by atoms with Crippen molar-refractivity contribution in [2.45, 2.75) is 33.2 Å². The standard InChI is InChI=1S/C23H34N4O2S/c1-3-26(4-2)10-6-9-24-22(28)16-21-18-30-23(25-21)20-8-5-7-19(15-20)17-27-11-13-29-14-12-27/h5,7-8,15,18H,3-4,6,9-14,16-17H2,1-2H3,(H,24,28). The van der Waals surface area contributed by atoms with E-state index in [0.717, 1.165) is 81.7 Å². The minimum absolute atomic E-state index is 0.0486. The molecule has 164 valence electrons. The number of thiazole rings is 1. The molecule has 0 aliphatic carbocycles. The molecule has 3 rings (SSSR count). The smallest absolute Gasteiger partial charge is 0.226 e. The van der Waals surface area contributed by atoms with Crippen LogP contribution < -0.4 is 5.32 Å². The van der Waals surface area contributed by atoms with Crippen molar-refractivity contribution in [2.24, 2.45) is 0 Å². The molecule has 0 radical (unpaired) electrons. The lowest BCUT2D eigenvalue weighted by Gasteiger charge is -2.26. The van der Waals surface area contributed by atoms with E-state index in [0.29, 0.717) is 6.42 Å². The third-order valence-electron chi connectivity index (χ3n) is 5.44. The Morgan fingerprint density at radius 2 is 2.07 bits per heavy atom. The van der Waals surface area contributed by atoms with Crippen molar-refractivity contribution in [1.82, 2.24) is 20.1 Å². The number of rotatable bonds is 11. The first-order chi connectivity index (χ1) is 14.7. The molecule has 0 saturated carbocycles. The van der Waals surface area contributed by atoms with Crippen molar-refractivity contribution in [1.29, 1.82) is 0 Å². The molecular formula is C23H34N4O2S. The minimum Gasteiger partial charge on any atom is -0.379 e. The minimum atomic E-state index is 0.0486. The second-order valence-electron chi connectivity index (χ2n) is 7.64. The highest BCUT2D eigenvalue weighted by atomic mass is 32.1. The largest absolute Gasteiger partial charge is 0.379 e. The van der Waals surface area contributed by atoms with E-state index < -0.39 is 0 Å². The number of nitrogens with one attached hydrogen (secondary N) is 1. The number of hydrogen-bond donors (Lipinski definition) is 1. The summed E-state index contributed by atoms with van der Waals surface area (Å²) in [7, 11) is 0. The number of hydrogen-bond acceptors (Lipinski definition) is 6. The molecule has 1 N–H and O–H groups in total. The molecular weight excluding hydrogens is 396 g/mol. The first-order valence-electron chi connectivity index (χ1n) is 11.0. The molecule has 0 unspecified atom stereocenters. The lowest BCUT2D eigenvalue weighted by molar-refractivity contribution is -0.120. The zero-order chi connectivity index (χ0) is 21.2. The first-order valence-corrected chi connectivity index (χ1v) is 11.9. The molecule has 2 aromatic rings. The van der Waals surface area contributed by atoms with Crippen molar-refractivity contribution in [2.75, 3.05) is 52.5 Å². The summed E-state index contributed by atoms with van der Waals surface area (Å²) in [5, 5.41) is 6.00. The quantitative estimate of drug-likeness (QED) is 0.556. The zero-order valence-corrected chi connectivity index (χ0v) is 19.0. The lowest BCUT2D eigenvalue weighted by atomic mass is 10.1. The van der Waals surface area contributed by atoms with Crippen LogP contribution in [0.15, 0.2) is 29.6 Å². The van der Waals surface area contributed by atoms with E-state index >= 15 is 0 Å². The summed E-state index contributed by atoms with van der Waals surface area (Å²) in [4.78, 5) is 21.7. The van der Waals surface area contributed by atoms with E-state index in [1.807, 2.05) is 5.38 Å². The number of aromatic nitrogens is 1. The molecule has 1 aliphatic heterocycles. The predicted molar refractivity (Wildman–Crippen MR) is 123 cm³/mol. The van der Waals surface area contributed by atoms with Crippen molar-refractivity contribution < 1.29 is 9.53 Å². The number of nitrogens with zero attached hydrogens (tertiary/aromatic N) is 3. The van der Waals surface area contributed by atoms with Gasteiger partial charge >= 0.3 is 0 Å². The van der Waals surface area contributed by atoms with Crippen LogP contribution in [0.5, 0.6) is 0 Å². The monoisotopic (exact) mass is 430 g/mol. The highest BCUT2D eigenvalue weighted by molar-refractivity contribution is 7.13. The molecule has 0 atom stereocenters. The summed E-state index contributed by atoms with van der Waals surface area (Å²) < 4.78 is 5.43. The molecule has 0 spiro atoms. The predicted octanol–water partition coefficient (Wildman–Crippen LogP) is 3.03. The van der Waals surface area contributed by atoms with Crippen molar-refractivity contribution in [3.8, 4) is 10.6 Å². The van der Waals surface area contributed by atoms with Crippen LogP contribution in [0.25, 0.3) is 10.6 Å². The van der Waals surface area contributed by atoms with Gasteiger partial charge in [0.15, 0.2) is 0 Å². The highest BCUT2D eigenvalue weighted by Crippen LogP contribution is 2.25. The third kappa shape index (κ3) is 7.16. The topological polar surface area (TPSA) is 57.7 Å². The molecule has 6 nitrogen and oxygen atoms in total. The molecule has 0 bridgehead atoms. The van der Waals surface area contributed by atoms with Crippen molar-refractivity contribution in [3.63, 3.8) is 0 Å². The molecule has 7 heteroatoms. The van der Waals surface area contributed by atoms with Crippen molar-refractivity contribution in [3.05, 3.63) is 40.9 Å². The fraction of sp³-hybridized carbons (Fsp3) is 0.565. The van der Waals surface area contributed by atoms with Crippen molar-refractivity contribution >= 4 is 17.2 Å². The Kier molecular flexibility index (Phi) is 9.27. The van der Waals surface area contributed by atoms with E-state index in [4.69, 9.17) is 9.72 Å². The molecule has 1 fully saturated rings. The van der Waals surface area contributed by atoms with Gasteiger partial charge in [0, 0.05) is 37.1 Å². The fourth-order valence-electron chi connectivity index (χ4n) is 3.64. The van der Waals surface area contributed by atoms with Gasteiger partial charge in [-0.15, -0.1) is 11.3 Å². The average molecular weight is 431 g/mol. The van der Waals surface area contributed by atoms with E-state index in [-0.39, 0.29) is 5.91 Å². The van der Waals surface area contributed by atoms with Crippen LogP contribution in [0, 0.1) is 0 Å². The molecule has 2 heterocycles. The van der Waals surface area contributed by atoms with Gasteiger partial charge in [-0.2, -0.15) is 0 Å². The summed E-state index contributed by atoms with van der Waals surface area (Å²) in [6, 6.07) is 8.57. The van der Waals surface area contributed by atoms with Gasteiger partial charge in [0.2, 0.25) is 5.91 Å². The Hall–Kier alpha value is -1.80. The van der Waals surface area contributed by atoms with E-state index in [9.17, 15) is 4.79 Å². The van der Waals surface area contributed by atoms with Gasteiger partial charge in [-0.05, 0) is 37.7 Å². The SMILES string of the molecule is CCN(CC)CCCNC(=O)Cc1csc(-c2cccc(CN3CCOCC3)c2)n1. The normalized spacial score (nSPS) is 14.9. The van der Waals surface area contributed by atoms with Crippen LogP contribution in [0.4, 0.5) is 0 Å². The Labute approximate surface area is 184 Å². The maximum Gasteiger partial charge on any atom is 0.226 e. The summed E-state index contributed by atoms with van der Waals surface area (Å²) in [5.74, 6) is 0.0486. The van der Waals surface area contributed by atoms with Crippen LogP contribution >= 0.6 is 11.3 Å². The van der Waals surface area contributed by atoms with Crippen LogP contribution in [-0.2, 0) is 22.5 Å². The van der Waals surface area contributed by atoms with E-state index in [1.54, 1.807) is 11.3 Å². The van der Waals surface area contributed by atoms with Crippen LogP contribution in [0.3, 0.4) is 0 Å². The number of morpholine rings is 1. The Morgan fingerprint density at radius 1 is 1.27 bits per heavy atom. The fourth-order valence-corrected chi connectivity index (χ4v) is 4.45. The molecule has 1 aromatic carbocycles. The second kappa shape index (κ2) is 12.2. The number of benzene rings is 1. The maximum absolute atomic E-state index is 12.2. The van der Waals surface area contributed by atoms with Gasteiger partial charge in [-0.1, -0.05) is 32.0 Å². The summed E-state index contributed by atoms with van der Waals surface area (Å²) >= 11 is 1.61. The average Bonchev–Trinajstić information content (AvgIpc) is 3.23. The van der Waals surface area contributed by atoms with Gasteiger partial charge in [-0.3, -0.25) is 9.69 Å². The third-order valence-corrected chi connectivity index (χ3v) is 6.39. The first kappa shape index (κ1) is 22.9. The summed E-state index contributed by atoms with van der Waals surface area (Å²) in [6.45, 7) is 12.7. The lowest BCUT2D eigenvalue weighted by Crippen LogP contribution is -2.35. The summed E-state index contributed by atoms with van der Waals surface area (Å²) in [5.41, 5.74) is 3.25. The number of amides is 1. The molecule has 1 aromatic heterocycles. The van der Waals surface area contributed by atoms with Gasteiger partial charge in [0.05, 0.1) is 25.3 Å². The maximum atomic E-state index is 12.2.